The Labute approximate surface area is 176 Å². The van der Waals surface area contributed by atoms with Crippen LogP contribution in [0.5, 0.6) is 0 Å². The van der Waals surface area contributed by atoms with E-state index in [0.717, 1.165) is 41.7 Å². The summed E-state index contributed by atoms with van der Waals surface area (Å²) in [6.45, 7) is 0.565. The maximum Gasteiger partial charge on any atom is 0.293 e. The normalized spacial score (nSPS) is 19.4. The molecule has 6 heteroatoms. The predicted octanol–water partition coefficient (Wildman–Crippen LogP) is 5.16. The lowest BCUT2D eigenvalue weighted by molar-refractivity contribution is -0.123. The fourth-order valence-corrected chi connectivity index (χ4v) is 4.91. The number of carbonyl (C=O) groups excluding carboxylic acids is 2. The molecule has 1 aliphatic heterocycles. The molecule has 0 unspecified atom stereocenters. The topological polar surface area (TPSA) is 45.6 Å². The van der Waals surface area contributed by atoms with Crippen molar-refractivity contribution in [2.45, 2.75) is 32.1 Å². The summed E-state index contributed by atoms with van der Waals surface area (Å²) in [5.74, 6) is 0.303. The van der Waals surface area contributed by atoms with Crippen LogP contribution in [0.4, 0.5) is 10.5 Å². The van der Waals surface area contributed by atoms with Crippen LogP contribution in [0.15, 0.2) is 47.5 Å². The summed E-state index contributed by atoms with van der Waals surface area (Å²) in [6, 6.07) is 12.2. The summed E-state index contributed by atoms with van der Waals surface area (Å²) in [4.78, 5) is 29.4. The Bertz CT molecular complexity index is 924. The standard InChI is InChI=1S/C23H27N3O2S/c1-24(2)18-10-12-19(13-11-18)25-14-6-9-20(25)15-21-22(27)26(23(28)29-21)16-17-7-4-3-5-8-17/h6,9-15,17H,3-5,7-8,16H2,1-2H3/b21-15+. The molecule has 2 aliphatic rings. The monoisotopic (exact) mass is 409 g/mol. The molecule has 5 nitrogen and oxygen atoms in total. The van der Waals surface area contributed by atoms with E-state index in [2.05, 4.69) is 29.2 Å². The van der Waals surface area contributed by atoms with Crippen LogP contribution in [0.1, 0.15) is 37.8 Å². The van der Waals surface area contributed by atoms with Gasteiger partial charge in [0.05, 0.1) is 4.91 Å². The molecule has 29 heavy (non-hydrogen) atoms. The van der Waals surface area contributed by atoms with Gasteiger partial charge in [-0.15, -0.1) is 0 Å². The first-order valence-corrected chi connectivity index (χ1v) is 11.0. The Kier molecular flexibility index (Phi) is 5.81. The number of amides is 2. The molecule has 2 aromatic rings. The summed E-state index contributed by atoms with van der Waals surface area (Å²) in [7, 11) is 4.03. The molecule has 1 aromatic heterocycles. The van der Waals surface area contributed by atoms with Gasteiger partial charge in [-0.05, 0) is 73.0 Å². The highest BCUT2D eigenvalue weighted by Crippen LogP contribution is 2.35. The van der Waals surface area contributed by atoms with Crippen LogP contribution >= 0.6 is 11.8 Å². The van der Waals surface area contributed by atoms with E-state index in [-0.39, 0.29) is 11.1 Å². The van der Waals surface area contributed by atoms with Crippen molar-refractivity contribution in [1.29, 1.82) is 0 Å². The van der Waals surface area contributed by atoms with Crippen molar-refractivity contribution in [2.24, 2.45) is 5.92 Å². The minimum Gasteiger partial charge on any atom is -0.378 e. The Morgan fingerprint density at radius 3 is 2.48 bits per heavy atom. The van der Waals surface area contributed by atoms with Crippen LogP contribution in [-0.2, 0) is 4.79 Å². The average Bonchev–Trinajstić information content (AvgIpc) is 3.29. The molecule has 0 N–H and O–H groups in total. The van der Waals surface area contributed by atoms with Gasteiger partial charge < -0.3 is 9.47 Å². The molecule has 1 saturated heterocycles. The molecular formula is C23H27N3O2S. The van der Waals surface area contributed by atoms with Crippen LogP contribution in [0.2, 0.25) is 0 Å². The van der Waals surface area contributed by atoms with Gasteiger partial charge in [0.15, 0.2) is 0 Å². The van der Waals surface area contributed by atoms with Gasteiger partial charge in [-0.3, -0.25) is 14.5 Å². The largest absolute Gasteiger partial charge is 0.378 e. The second kappa shape index (κ2) is 8.49. The lowest BCUT2D eigenvalue weighted by Crippen LogP contribution is -2.34. The number of anilines is 1. The van der Waals surface area contributed by atoms with Crippen molar-refractivity contribution < 1.29 is 9.59 Å². The van der Waals surface area contributed by atoms with Gasteiger partial charge in [-0.2, -0.15) is 0 Å². The van der Waals surface area contributed by atoms with Crippen molar-refractivity contribution in [3.05, 3.63) is 53.2 Å². The Morgan fingerprint density at radius 2 is 1.79 bits per heavy atom. The fraction of sp³-hybridized carbons (Fsp3) is 0.391. The number of hydrogen-bond donors (Lipinski definition) is 0. The summed E-state index contributed by atoms with van der Waals surface area (Å²) in [5, 5.41) is -0.139. The van der Waals surface area contributed by atoms with Crippen LogP contribution in [0.25, 0.3) is 11.8 Å². The van der Waals surface area contributed by atoms with Gasteiger partial charge in [-0.1, -0.05) is 19.3 Å². The zero-order valence-electron chi connectivity index (χ0n) is 17.0. The highest BCUT2D eigenvalue weighted by atomic mass is 32.2. The van der Waals surface area contributed by atoms with Gasteiger partial charge >= 0.3 is 0 Å². The first-order valence-electron chi connectivity index (χ1n) is 10.2. The van der Waals surface area contributed by atoms with E-state index in [0.29, 0.717) is 17.4 Å². The summed E-state index contributed by atoms with van der Waals surface area (Å²) in [5.41, 5.74) is 3.05. The van der Waals surface area contributed by atoms with E-state index in [1.54, 1.807) is 0 Å². The third kappa shape index (κ3) is 4.27. The minimum absolute atomic E-state index is 0.139. The number of benzene rings is 1. The van der Waals surface area contributed by atoms with Gasteiger partial charge in [0.2, 0.25) is 0 Å². The highest BCUT2D eigenvalue weighted by Gasteiger charge is 2.36. The molecule has 2 fully saturated rings. The zero-order chi connectivity index (χ0) is 20.4. The van der Waals surface area contributed by atoms with Crippen LogP contribution < -0.4 is 4.90 Å². The number of carbonyl (C=O) groups is 2. The van der Waals surface area contributed by atoms with Crippen molar-refractivity contribution >= 4 is 34.7 Å². The molecule has 152 valence electrons. The van der Waals surface area contributed by atoms with E-state index < -0.39 is 0 Å². The minimum atomic E-state index is -0.152. The maximum atomic E-state index is 12.9. The summed E-state index contributed by atoms with van der Waals surface area (Å²) in [6.07, 6.45) is 9.73. The number of thioether (sulfide) groups is 1. The number of hydrogen-bond acceptors (Lipinski definition) is 4. The lowest BCUT2D eigenvalue weighted by Gasteiger charge is -2.25. The average molecular weight is 410 g/mol. The van der Waals surface area contributed by atoms with Crippen LogP contribution in [0.3, 0.4) is 0 Å². The van der Waals surface area contributed by atoms with Crippen LogP contribution in [0, 0.1) is 5.92 Å². The lowest BCUT2D eigenvalue weighted by atomic mass is 9.89. The van der Waals surface area contributed by atoms with E-state index in [4.69, 9.17) is 0 Å². The first-order chi connectivity index (χ1) is 14.0. The molecule has 2 heterocycles. The van der Waals surface area contributed by atoms with Crippen molar-refractivity contribution in [1.82, 2.24) is 9.47 Å². The number of nitrogens with zero attached hydrogens (tertiary/aromatic N) is 3. The second-order valence-corrected chi connectivity index (χ2v) is 9.00. The Morgan fingerprint density at radius 1 is 1.07 bits per heavy atom. The van der Waals surface area contributed by atoms with E-state index in [1.807, 2.05) is 43.1 Å². The molecular weight excluding hydrogens is 382 g/mol. The Balaban J connectivity index is 1.53. The summed E-state index contributed by atoms with van der Waals surface area (Å²) < 4.78 is 2.04. The van der Waals surface area contributed by atoms with Crippen LogP contribution in [-0.4, -0.2) is 41.3 Å². The SMILES string of the molecule is CN(C)c1ccc(-n2cccc2/C=C2/SC(=O)N(CC3CCCCC3)C2=O)cc1. The molecule has 1 aliphatic carbocycles. The fourth-order valence-electron chi connectivity index (χ4n) is 4.08. The first kappa shape index (κ1) is 19.8. The summed E-state index contributed by atoms with van der Waals surface area (Å²) >= 11 is 1.06. The molecule has 0 bridgehead atoms. The van der Waals surface area contributed by atoms with Gasteiger partial charge in [-0.25, -0.2) is 0 Å². The molecule has 4 rings (SSSR count). The molecule has 0 spiro atoms. The molecule has 2 amide bonds. The third-order valence-corrected chi connectivity index (χ3v) is 6.65. The number of aromatic nitrogens is 1. The Hall–Kier alpha value is -2.47. The smallest absolute Gasteiger partial charge is 0.293 e. The van der Waals surface area contributed by atoms with E-state index in [9.17, 15) is 9.59 Å². The van der Waals surface area contributed by atoms with Crippen molar-refractivity contribution in [3.63, 3.8) is 0 Å². The quantitative estimate of drug-likeness (QED) is 0.640. The van der Waals surface area contributed by atoms with Gasteiger partial charge in [0, 0.05) is 43.9 Å². The molecule has 1 saturated carbocycles. The molecule has 0 atom stereocenters. The molecule has 1 aromatic carbocycles. The number of imide groups is 1. The van der Waals surface area contributed by atoms with Gasteiger partial charge in [0.25, 0.3) is 11.1 Å². The van der Waals surface area contributed by atoms with E-state index >= 15 is 0 Å². The second-order valence-electron chi connectivity index (χ2n) is 8.01. The number of rotatable bonds is 5. The third-order valence-electron chi connectivity index (χ3n) is 5.74. The van der Waals surface area contributed by atoms with Gasteiger partial charge in [0.1, 0.15) is 0 Å². The maximum absolute atomic E-state index is 12.9. The van der Waals surface area contributed by atoms with Crippen molar-refractivity contribution in [3.8, 4) is 5.69 Å². The zero-order valence-corrected chi connectivity index (χ0v) is 17.8. The molecule has 0 radical (unpaired) electrons. The van der Waals surface area contributed by atoms with E-state index in [1.165, 1.54) is 24.2 Å². The van der Waals surface area contributed by atoms with Crippen molar-refractivity contribution in [2.75, 3.05) is 25.5 Å². The predicted molar refractivity (Wildman–Crippen MR) is 119 cm³/mol. The highest BCUT2D eigenvalue weighted by molar-refractivity contribution is 8.18.